The van der Waals surface area contributed by atoms with E-state index in [9.17, 15) is 0 Å². The number of hydrogen-bond donors (Lipinski definition) is 0. The number of nitriles is 1. The van der Waals surface area contributed by atoms with Gasteiger partial charge in [0.25, 0.3) is 6.26 Å². The van der Waals surface area contributed by atoms with Gasteiger partial charge in [0, 0.05) is 5.41 Å². The fraction of sp³-hybridized carbons (Fsp3) is 0.235. The molecule has 20 heavy (non-hydrogen) atoms. The first-order chi connectivity index (χ1) is 9.57. The van der Waals surface area contributed by atoms with Crippen LogP contribution in [0.2, 0.25) is 0 Å². The maximum absolute atomic E-state index is 8.49. The van der Waals surface area contributed by atoms with Gasteiger partial charge >= 0.3 is 0 Å². The summed E-state index contributed by atoms with van der Waals surface area (Å²) in [5.41, 5.74) is 2.23. The third-order valence-electron chi connectivity index (χ3n) is 3.55. The lowest BCUT2D eigenvalue weighted by Gasteiger charge is -2.26. The van der Waals surface area contributed by atoms with E-state index in [0.29, 0.717) is 5.75 Å². The van der Waals surface area contributed by atoms with E-state index in [1.807, 2.05) is 36.4 Å². The first-order valence-electron chi connectivity index (χ1n) is 6.39. The third-order valence-corrected chi connectivity index (χ3v) is 3.55. The number of hydrogen-bond acceptors (Lipinski definition) is 3. The quantitative estimate of drug-likeness (QED) is 0.789. The van der Waals surface area contributed by atoms with Crippen LogP contribution in [-0.2, 0) is 5.41 Å². The average molecular weight is 267 g/mol. The van der Waals surface area contributed by atoms with E-state index in [1.54, 1.807) is 13.4 Å². The minimum Gasteiger partial charge on any atom is -0.497 e. The molecule has 0 unspecified atom stereocenters. The van der Waals surface area contributed by atoms with Crippen molar-refractivity contribution in [1.29, 1.82) is 5.26 Å². The molecule has 0 N–H and O–H groups in total. The molecule has 3 heteroatoms. The lowest BCUT2D eigenvalue weighted by molar-refractivity contribution is 0.414. The molecule has 0 aliphatic heterocycles. The summed E-state index contributed by atoms with van der Waals surface area (Å²) in [5.74, 6) is 1.41. The summed E-state index contributed by atoms with van der Waals surface area (Å²) in [4.78, 5) is 0. The van der Waals surface area contributed by atoms with Gasteiger partial charge in [-0.1, -0.05) is 38.1 Å². The van der Waals surface area contributed by atoms with Crippen molar-refractivity contribution in [3.63, 3.8) is 0 Å². The van der Waals surface area contributed by atoms with E-state index in [1.165, 1.54) is 5.56 Å². The highest BCUT2D eigenvalue weighted by atomic mass is 16.5. The molecule has 0 saturated carbocycles. The van der Waals surface area contributed by atoms with Crippen LogP contribution in [0.5, 0.6) is 11.5 Å². The molecule has 0 aliphatic rings. The second-order valence-electron chi connectivity index (χ2n) is 5.07. The van der Waals surface area contributed by atoms with Gasteiger partial charge in [-0.2, -0.15) is 0 Å². The molecular weight excluding hydrogens is 250 g/mol. The van der Waals surface area contributed by atoms with Gasteiger partial charge in [-0.3, -0.25) is 0 Å². The molecule has 0 aliphatic carbocycles. The molecule has 0 bridgehead atoms. The van der Waals surface area contributed by atoms with Crippen molar-refractivity contribution < 1.29 is 9.47 Å². The normalized spacial score (nSPS) is 10.7. The molecule has 0 amide bonds. The molecule has 0 heterocycles. The van der Waals surface area contributed by atoms with E-state index >= 15 is 0 Å². The Labute approximate surface area is 119 Å². The molecule has 0 spiro atoms. The number of methoxy groups -OCH3 is 1. The maximum atomic E-state index is 8.49. The van der Waals surface area contributed by atoms with E-state index in [0.717, 1.165) is 11.3 Å². The van der Waals surface area contributed by atoms with Crippen molar-refractivity contribution in [2.24, 2.45) is 0 Å². The van der Waals surface area contributed by atoms with Crippen molar-refractivity contribution in [3.05, 3.63) is 59.7 Å². The molecule has 2 rings (SSSR count). The van der Waals surface area contributed by atoms with Crippen LogP contribution in [0.1, 0.15) is 25.0 Å². The second kappa shape index (κ2) is 5.66. The Kier molecular flexibility index (Phi) is 3.95. The summed E-state index contributed by atoms with van der Waals surface area (Å²) in [7, 11) is 1.66. The van der Waals surface area contributed by atoms with E-state index in [-0.39, 0.29) is 5.41 Å². The van der Waals surface area contributed by atoms with Crippen LogP contribution in [0.15, 0.2) is 48.5 Å². The SMILES string of the molecule is COc1ccc(C(C)(C)c2ccc(OC#N)cc2)cc1. The topological polar surface area (TPSA) is 42.2 Å². The molecule has 0 atom stereocenters. The van der Waals surface area contributed by atoms with Crippen molar-refractivity contribution >= 4 is 0 Å². The minimum absolute atomic E-state index is 0.128. The first kappa shape index (κ1) is 14.0. The highest BCUT2D eigenvalue weighted by molar-refractivity contribution is 5.41. The fourth-order valence-electron chi connectivity index (χ4n) is 2.17. The molecule has 0 aromatic heterocycles. The van der Waals surface area contributed by atoms with Crippen molar-refractivity contribution in [3.8, 4) is 17.8 Å². The molecule has 2 aromatic carbocycles. The largest absolute Gasteiger partial charge is 0.497 e. The third kappa shape index (κ3) is 2.75. The highest BCUT2D eigenvalue weighted by Gasteiger charge is 2.23. The monoisotopic (exact) mass is 267 g/mol. The van der Waals surface area contributed by atoms with Crippen LogP contribution >= 0.6 is 0 Å². The highest BCUT2D eigenvalue weighted by Crippen LogP contribution is 2.33. The van der Waals surface area contributed by atoms with Gasteiger partial charge < -0.3 is 9.47 Å². The second-order valence-corrected chi connectivity index (χ2v) is 5.07. The summed E-state index contributed by atoms with van der Waals surface area (Å²) < 4.78 is 9.98. The van der Waals surface area contributed by atoms with Crippen LogP contribution < -0.4 is 9.47 Å². The summed E-state index contributed by atoms with van der Waals surface area (Å²) in [6, 6.07) is 15.6. The van der Waals surface area contributed by atoms with Crippen LogP contribution in [0.25, 0.3) is 0 Å². The predicted octanol–water partition coefficient (Wildman–Crippen LogP) is 3.88. The summed E-state index contributed by atoms with van der Waals surface area (Å²) in [6.45, 7) is 4.32. The first-order valence-corrected chi connectivity index (χ1v) is 6.39. The summed E-state index contributed by atoms with van der Waals surface area (Å²) in [5, 5.41) is 8.49. The van der Waals surface area contributed by atoms with Crippen LogP contribution in [-0.4, -0.2) is 7.11 Å². The summed E-state index contributed by atoms with van der Waals surface area (Å²) in [6.07, 6.45) is 1.67. The average Bonchev–Trinajstić information content (AvgIpc) is 2.48. The van der Waals surface area contributed by atoms with Gasteiger partial charge in [-0.15, -0.1) is 5.26 Å². The van der Waals surface area contributed by atoms with E-state index < -0.39 is 0 Å². The zero-order valence-corrected chi connectivity index (χ0v) is 11.9. The van der Waals surface area contributed by atoms with E-state index in [2.05, 4.69) is 26.0 Å². The summed E-state index contributed by atoms with van der Waals surface area (Å²) >= 11 is 0. The van der Waals surface area contributed by atoms with Gasteiger partial charge in [-0.05, 0) is 35.4 Å². The number of rotatable bonds is 4. The number of ether oxygens (including phenoxy) is 2. The van der Waals surface area contributed by atoms with Crippen molar-refractivity contribution in [2.45, 2.75) is 19.3 Å². The number of benzene rings is 2. The lowest BCUT2D eigenvalue weighted by atomic mass is 9.78. The molecular formula is C17H17NO2. The van der Waals surface area contributed by atoms with Gasteiger partial charge in [-0.25, -0.2) is 0 Å². The molecule has 0 saturated heterocycles. The zero-order chi connectivity index (χ0) is 14.6. The Morgan fingerprint density at radius 2 is 1.30 bits per heavy atom. The van der Waals surface area contributed by atoms with Crippen LogP contribution in [0, 0.1) is 11.5 Å². The van der Waals surface area contributed by atoms with Crippen molar-refractivity contribution in [2.75, 3.05) is 7.11 Å². The van der Waals surface area contributed by atoms with Crippen molar-refractivity contribution in [1.82, 2.24) is 0 Å². The molecule has 2 aromatic rings. The standard InChI is InChI=1S/C17H17NO2/c1-17(2,13-4-8-15(19-3)9-5-13)14-6-10-16(11-7-14)20-12-18/h4-11H,1-3H3. The Bertz CT molecular complexity index is 607. The van der Waals surface area contributed by atoms with Crippen LogP contribution in [0.4, 0.5) is 0 Å². The predicted molar refractivity (Wildman–Crippen MR) is 77.8 cm³/mol. The molecule has 0 fully saturated rings. The molecule has 3 nitrogen and oxygen atoms in total. The molecule has 102 valence electrons. The smallest absolute Gasteiger partial charge is 0.292 e. The maximum Gasteiger partial charge on any atom is 0.292 e. The van der Waals surface area contributed by atoms with E-state index in [4.69, 9.17) is 14.7 Å². The molecule has 0 radical (unpaired) electrons. The zero-order valence-electron chi connectivity index (χ0n) is 11.9. The fourth-order valence-corrected chi connectivity index (χ4v) is 2.17. The van der Waals surface area contributed by atoms with Gasteiger partial charge in [0.15, 0.2) is 0 Å². The van der Waals surface area contributed by atoms with Gasteiger partial charge in [0.1, 0.15) is 11.5 Å². The number of nitrogens with zero attached hydrogens (tertiary/aromatic N) is 1. The van der Waals surface area contributed by atoms with Crippen LogP contribution in [0.3, 0.4) is 0 Å². The van der Waals surface area contributed by atoms with Gasteiger partial charge in [0.2, 0.25) is 0 Å². The minimum atomic E-state index is -0.128. The Hall–Kier alpha value is -2.47. The Morgan fingerprint density at radius 1 is 0.850 bits per heavy atom. The van der Waals surface area contributed by atoms with Gasteiger partial charge in [0.05, 0.1) is 7.11 Å². The Balaban J connectivity index is 2.30. The lowest BCUT2D eigenvalue weighted by Crippen LogP contribution is -2.18. The Morgan fingerprint density at radius 3 is 1.70 bits per heavy atom.